The summed E-state index contributed by atoms with van der Waals surface area (Å²) in [4.78, 5) is 0. The second-order valence-corrected chi connectivity index (χ2v) is 5.18. The number of alkyl halides is 6. The fourth-order valence-electron chi connectivity index (χ4n) is 3.59. The molecule has 3 aliphatic rings. The Hall–Kier alpha value is -0.880. The van der Waals surface area contributed by atoms with E-state index in [0.29, 0.717) is 12.8 Å². The molecule has 0 amide bonds. The molecule has 2 bridgehead atoms. The molecule has 7 heteroatoms. The van der Waals surface area contributed by atoms with Crippen LogP contribution in [0.3, 0.4) is 0 Å². The minimum atomic E-state index is -5.40. The van der Waals surface area contributed by atoms with Gasteiger partial charge in [0.25, 0.3) is 0 Å². The number of hydrogen-bond acceptors (Lipinski definition) is 1. The van der Waals surface area contributed by atoms with Gasteiger partial charge in [-0.05, 0) is 31.1 Å². The van der Waals surface area contributed by atoms with Crippen LogP contribution in [-0.4, -0.2) is 18.5 Å². The lowest BCUT2D eigenvalue weighted by Crippen LogP contribution is -2.46. The Labute approximate surface area is 98.8 Å². The van der Waals surface area contributed by atoms with Crippen molar-refractivity contribution in [3.05, 3.63) is 11.3 Å². The Morgan fingerprint density at radius 2 is 1.50 bits per heavy atom. The summed E-state index contributed by atoms with van der Waals surface area (Å²) >= 11 is 0. The highest BCUT2D eigenvalue weighted by molar-refractivity contribution is 5.30. The van der Waals surface area contributed by atoms with Crippen LogP contribution in [0.5, 0.6) is 0 Å². The van der Waals surface area contributed by atoms with Crippen LogP contribution in [0.4, 0.5) is 26.3 Å². The average molecular weight is 272 g/mol. The van der Waals surface area contributed by atoms with Gasteiger partial charge in [0.1, 0.15) is 11.9 Å². The van der Waals surface area contributed by atoms with Crippen molar-refractivity contribution in [3.8, 4) is 0 Å². The van der Waals surface area contributed by atoms with E-state index in [9.17, 15) is 26.3 Å². The summed E-state index contributed by atoms with van der Waals surface area (Å²) in [7, 11) is 0. The Morgan fingerprint density at radius 3 is 2.00 bits per heavy atom. The highest BCUT2D eigenvalue weighted by atomic mass is 19.4. The van der Waals surface area contributed by atoms with Crippen LogP contribution in [0, 0.1) is 17.8 Å². The molecule has 0 aromatic heterocycles. The Bertz CT molecular complexity index is 389. The molecule has 3 rings (SSSR count). The summed E-state index contributed by atoms with van der Waals surface area (Å²) < 4.78 is 80.0. The first-order valence-corrected chi connectivity index (χ1v) is 5.75. The van der Waals surface area contributed by atoms with Crippen molar-refractivity contribution in [2.75, 3.05) is 0 Å². The molecule has 0 radical (unpaired) electrons. The highest BCUT2D eigenvalue weighted by Gasteiger charge is 2.64. The van der Waals surface area contributed by atoms with Crippen LogP contribution in [0.1, 0.15) is 19.3 Å². The van der Waals surface area contributed by atoms with Gasteiger partial charge in [-0.2, -0.15) is 26.3 Å². The summed E-state index contributed by atoms with van der Waals surface area (Å²) in [5.74, 6) is -1.45. The molecular weight excluding hydrogens is 262 g/mol. The average Bonchev–Trinajstić information content (AvgIpc) is 2.64. The van der Waals surface area contributed by atoms with Crippen molar-refractivity contribution in [2.24, 2.45) is 17.8 Å². The first-order valence-electron chi connectivity index (χ1n) is 5.75. The van der Waals surface area contributed by atoms with E-state index in [4.69, 9.17) is 4.74 Å². The number of hydrogen-bond donors (Lipinski definition) is 0. The molecule has 18 heavy (non-hydrogen) atoms. The second kappa shape index (κ2) is 3.36. The number of rotatable bonds is 0. The van der Waals surface area contributed by atoms with Crippen molar-refractivity contribution < 1.29 is 31.1 Å². The van der Waals surface area contributed by atoms with E-state index in [1.807, 2.05) is 0 Å². The molecule has 1 aliphatic heterocycles. The van der Waals surface area contributed by atoms with Crippen molar-refractivity contribution >= 4 is 0 Å². The summed E-state index contributed by atoms with van der Waals surface area (Å²) in [6.45, 7) is 0. The zero-order valence-electron chi connectivity index (χ0n) is 9.11. The van der Waals surface area contributed by atoms with E-state index in [-0.39, 0.29) is 11.8 Å². The van der Waals surface area contributed by atoms with Crippen LogP contribution < -0.4 is 0 Å². The van der Waals surface area contributed by atoms with Gasteiger partial charge in [0.15, 0.2) is 5.57 Å². The summed E-state index contributed by atoms with van der Waals surface area (Å²) in [5, 5.41) is 0. The van der Waals surface area contributed by atoms with E-state index in [1.165, 1.54) is 0 Å². The minimum Gasteiger partial charge on any atom is -0.493 e. The smallest absolute Gasteiger partial charge is 0.424 e. The molecule has 2 aliphatic carbocycles. The SMILES string of the molecule is FC(F)(F)C(=C1OC2C3CCC(C3)C12)C(F)(F)F. The van der Waals surface area contributed by atoms with Gasteiger partial charge in [0.2, 0.25) is 0 Å². The van der Waals surface area contributed by atoms with Gasteiger partial charge in [-0.3, -0.25) is 0 Å². The molecule has 4 atom stereocenters. The molecule has 0 aromatic rings. The predicted octanol–water partition coefficient (Wildman–Crippen LogP) is 3.81. The number of halogens is 6. The lowest BCUT2D eigenvalue weighted by molar-refractivity contribution is -0.189. The van der Waals surface area contributed by atoms with Crippen molar-refractivity contribution in [1.29, 1.82) is 0 Å². The van der Waals surface area contributed by atoms with E-state index in [1.54, 1.807) is 0 Å². The summed E-state index contributed by atoms with van der Waals surface area (Å²) in [6, 6.07) is 0. The van der Waals surface area contributed by atoms with Crippen molar-refractivity contribution in [3.63, 3.8) is 0 Å². The predicted molar refractivity (Wildman–Crippen MR) is 48.3 cm³/mol. The zero-order valence-corrected chi connectivity index (χ0v) is 9.11. The molecule has 0 N–H and O–H groups in total. The van der Waals surface area contributed by atoms with E-state index >= 15 is 0 Å². The molecule has 1 saturated heterocycles. The minimum absolute atomic E-state index is 0.0663. The van der Waals surface area contributed by atoms with Gasteiger partial charge in [0.05, 0.1) is 5.92 Å². The van der Waals surface area contributed by atoms with Gasteiger partial charge < -0.3 is 4.74 Å². The molecular formula is C11H10F6O. The Balaban J connectivity index is 1.99. The van der Waals surface area contributed by atoms with Gasteiger partial charge >= 0.3 is 12.4 Å². The maximum Gasteiger partial charge on any atom is 0.424 e. The van der Waals surface area contributed by atoms with Gasteiger partial charge in [0, 0.05) is 0 Å². The monoisotopic (exact) mass is 272 g/mol. The zero-order chi connectivity index (χ0) is 13.3. The third-order valence-electron chi connectivity index (χ3n) is 4.22. The van der Waals surface area contributed by atoms with Gasteiger partial charge in [-0.25, -0.2) is 0 Å². The van der Waals surface area contributed by atoms with Crippen molar-refractivity contribution in [2.45, 2.75) is 37.7 Å². The van der Waals surface area contributed by atoms with Crippen LogP contribution in [0.2, 0.25) is 0 Å². The molecule has 4 unspecified atom stereocenters. The van der Waals surface area contributed by atoms with Crippen LogP contribution >= 0.6 is 0 Å². The normalized spacial score (nSPS) is 38.2. The first-order chi connectivity index (χ1) is 8.19. The quantitative estimate of drug-likeness (QED) is 0.609. The van der Waals surface area contributed by atoms with Gasteiger partial charge in [-0.15, -0.1) is 0 Å². The molecule has 1 nitrogen and oxygen atoms in total. The third-order valence-corrected chi connectivity index (χ3v) is 4.22. The third kappa shape index (κ3) is 1.55. The maximum atomic E-state index is 12.5. The second-order valence-electron chi connectivity index (χ2n) is 5.18. The van der Waals surface area contributed by atoms with E-state index < -0.39 is 35.7 Å². The Morgan fingerprint density at radius 1 is 0.944 bits per heavy atom. The number of allylic oxidation sites excluding steroid dienone is 1. The molecule has 2 saturated carbocycles. The van der Waals surface area contributed by atoms with E-state index in [2.05, 4.69) is 0 Å². The fourth-order valence-corrected chi connectivity index (χ4v) is 3.59. The number of fused-ring (bicyclic) bond motifs is 5. The molecule has 0 aromatic carbocycles. The lowest BCUT2D eigenvalue weighted by atomic mass is 9.79. The standard InChI is InChI=1S/C11H10F6O/c12-10(13,14)9(11(15,16)17)8-6-4-1-2-5(3-4)7(6)18-8/h4-7H,1-3H2. The topological polar surface area (TPSA) is 9.23 Å². The number of ether oxygens (including phenoxy) is 1. The van der Waals surface area contributed by atoms with Crippen LogP contribution in [-0.2, 0) is 4.74 Å². The first kappa shape index (κ1) is 12.2. The van der Waals surface area contributed by atoms with E-state index in [0.717, 1.165) is 6.42 Å². The molecule has 102 valence electrons. The molecule has 3 fully saturated rings. The fraction of sp³-hybridized carbons (Fsp3) is 0.818. The summed E-state index contributed by atoms with van der Waals surface area (Å²) in [6.07, 6.45) is -8.96. The lowest BCUT2D eigenvalue weighted by Gasteiger charge is -2.44. The highest BCUT2D eigenvalue weighted by Crippen LogP contribution is 2.61. The Kier molecular flexibility index (Phi) is 2.27. The largest absolute Gasteiger partial charge is 0.493 e. The molecule has 1 heterocycles. The van der Waals surface area contributed by atoms with Gasteiger partial charge in [-0.1, -0.05) is 0 Å². The molecule has 0 spiro atoms. The summed E-state index contributed by atoms with van der Waals surface area (Å²) in [5.41, 5.74) is -2.44. The van der Waals surface area contributed by atoms with Crippen LogP contribution in [0.25, 0.3) is 0 Å². The maximum absolute atomic E-state index is 12.5. The van der Waals surface area contributed by atoms with Crippen molar-refractivity contribution in [1.82, 2.24) is 0 Å². The van der Waals surface area contributed by atoms with Crippen LogP contribution in [0.15, 0.2) is 11.3 Å².